The summed E-state index contributed by atoms with van der Waals surface area (Å²) in [5, 5.41) is 16.5. The van der Waals surface area contributed by atoms with Gasteiger partial charge in [0.25, 0.3) is 0 Å². The van der Waals surface area contributed by atoms with Crippen LogP contribution in [0, 0.1) is 0 Å². The molecule has 0 amide bonds. The van der Waals surface area contributed by atoms with Crippen LogP contribution in [-0.4, -0.2) is 59.9 Å². The van der Waals surface area contributed by atoms with Crippen molar-refractivity contribution in [2.45, 2.75) is 26.7 Å². The number of aromatic nitrogens is 4. The van der Waals surface area contributed by atoms with E-state index in [1.165, 1.54) is 0 Å². The Hall–Kier alpha value is -1.20. The summed E-state index contributed by atoms with van der Waals surface area (Å²) in [5.41, 5.74) is 0. The molecule has 2 rings (SSSR count). The van der Waals surface area contributed by atoms with Crippen molar-refractivity contribution in [3.8, 4) is 11.8 Å². The van der Waals surface area contributed by atoms with Gasteiger partial charge in [0.1, 0.15) is 0 Å². The summed E-state index contributed by atoms with van der Waals surface area (Å²) in [6, 6.07) is 7.71. The first-order valence-corrected chi connectivity index (χ1v) is 13.1. The fourth-order valence-corrected chi connectivity index (χ4v) is 6.34. The molecule has 2 aromatic heterocycles. The third-order valence-corrected chi connectivity index (χ3v) is 8.79. The van der Waals surface area contributed by atoms with E-state index in [9.17, 15) is 0 Å². The van der Waals surface area contributed by atoms with Crippen LogP contribution < -0.4 is 18.7 Å². The molecule has 0 N–H and O–H groups in total. The van der Waals surface area contributed by atoms with Crippen LogP contribution in [0.5, 0.6) is 11.8 Å². The van der Waals surface area contributed by atoms with Crippen molar-refractivity contribution < 1.29 is 9.47 Å². The van der Waals surface area contributed by atoms with Crippen LogP contribution in [0.3, 0.4) is 0 Å². The predicted octanol–water partition coefficient (Wildman–Crippen LogP) is 0.118. The van der Waals surface area contributed by atoms with Crippen molar-refractivity contribution >= 4 is 35.4 Å². The van der Waals surface area contributed by atoms with E-state index in [0.717, 1.165) is 22.0 Å². The maximum atomic E-state index is 5.42. The molecule has 2 heterocycles. The molecular formula is C14H18N4O2Se2. The van der Waals surface area contributed by atoms with Gasteiger partial charge >= 0.3 is 141 Å². The fraction of sp³-hybridized carbons (Fsp3) is 0.429. The summed E-state index contributed by atoms with van der Waals surface area (Å²) in [6.07, 6.45) is 1.93. The minimum absolute atomic E-state index is 0.240. The van der Waals surface area contributed by atoms with E-state index in [1.807, 2.05) is 24.3 Å². The quantitative estimate of drug-likeness (QED) is 0.525. The molecule has 0 aliphatic rings. The van der Waals surface area contributed by atoms with Gasteiger partial charge in [0.15, 0.2) is 0 Å². The molecule has 6 nitrogen and oxygen atoms in total. The second kappa shape index (κ2) is 9.74. The van der Waals surface area contributed by atoms with Gasteiger partial charge in [0, 0.05) is 0 Å². The van der Waals surface area contributed by atoms with Crippen LogP contribution in [0.4, 0.5) is 0 Å². The second-order valence-electron chi connectivity index (χ2n) is 4.28. The second-order valence-corrected chi connectivity index (χ2v) is 10.4. The topological polar surface area (TPSA) is 70.0 Å². The molecule has 0 saturated heterocycles. The SMILES string of the molecule is CCCOc1ccc([Se][Se]c2ccc(OCCC)nn2)nn1. The Morgan fingerprint density at radius 2 is 1.18 bits per heavy atom. The first-order valence-electron chi connectivity index (χ1n) is 7.09. The molecule has 22 heavy (non-hydrogen) atoms. The molecule has 0 spiro atoms. The normalized spacial score (nSPS) is 10.5. The van der Waals surface area contributed by atoms with Crippen molar-refractivity contribution in [2.75, 3.05) is 13.2 Å². The van der Waals surface area contributed by atoms with E-state index in [2.05, 4.69) is 34.2 Å². The molecule has 118 valence electrons. The summed E-state index contributed by atoms with van der Waals surface area (Å²) in [5.74, 6) is 1.18. The Labute approximate surface area is 141 Å². The molecule has 0 atom stereocenters. The average Bonchev–Trinajstić information content (AvgIpc) is 2.58. The molecule has 0 fully saturated rings. The third-order valence-electron chi connectivity index (χ3n) is 2.35. The maximum absolute atomic E-state index is 5.42. The minimum atomic E-state index is 0.240. The molecule has 8 heteroatoms. The van der Waals surface area contributed by atoms with E-state index >= 15 is 0 Å². The van der Waals surface area contributed by atoms with Crippen LogP contribution in [0.15, 0.2) is 24.3 Å². The Kier molecular flexibility index (Phi) is 7.60. The molecule has 0 aliphatic heterocycles. The zero-order valence-electron chi connectivity index (χ0n) is 12.6. The van der Waals surface area contributed by atoms with E-state index in [0.29, 0.717) is 25.0 Å². The van der Waals surface area contributed by atoms with E-state index in [-0.39, 0.29) is 26.3 Å². The summed E-state index contributed by atoms with van der Waals surface area (Å²) < 4.78 is 12.8. The van der Waals surface area contributed by atoms with E-state index in [1.54, 1.807) is 0 Å². The van der Waals surface area contributed by atoms with Gasteiger partial charge in [0.2, 0.25) is 0 Å². The molecule has 0 unspecified atom stereocenters. The molecule has 0 aromatic carbocycles. The van der Waals surface area contributed by atoms with E-state index in [4.69, 9.17) is 9.47 Å². The van der Waals surface area contributed by atoms with Crippen molar-refractivity contribution in [1.29, 1.82) is 0 Å². The standard InChI is InChI=1S/C14H18N4O2Se2/c1-3-9-19-11-5-7-13(17-15-11)21-22-14-8-6-12(16-18-14)20-10-4-2/h5-8H,3-4,9-10H2,1-2H3. The Morgan fingerprint density at radius 3 is 1.50 bits per heavy atom. The van der Waals surface area contributed by atoms with Crippen LogP contribution in [0.1, 0.15) is 26.7 Å². The van der Waals surface area contributed by atoms with Crippen LogP contribution in [-0.2, 0) is 0 Å². The monoisotopic (exact) mass is 434 g/mol. The summed E-state index contributed by atoms with van der Waals surface area (Å²) >= 11 is 0.480. The Bertz CT molecular complexity index is 500. The first kappa shape index (κ1) is 17.2. The van der Waals surface area contributed by atoms with Gasteiger partial charge in [0.05, 0.1) is 0 Å². The number of hydrogen-bond donors (Lipinski definition) is 0. The van der Waals surface area contributed by atoms with Gasteiger partial charge in [-0.05, 0) is 0 Å². The molecule has 0 aliphatic carbocycles. The van der Waals surface area contributed by atoms with Crippen molar-refractivity contribution in [1.82, 2.24) is 20.4 Å². The average molecular weight is 432 g/mol. The summed E-state index contributed by atoms with van der Waals surface area (Å²) in [7, 11) is 0. The number of hydrogen-bond acceptors (Lipinski definition) is 6. The fourth-order valence-electron chi connectivity index (χ4n) is 1.36. The number of nitrogens with zero attached hydrogens (tertiary/aromatic N) is 4. The number of ether oxygens (including phenoxy) is 2. The number of rotatable bonds is 9. The van der Waals surface area contributed by atoms with Gasteiger partial charge in [-0.25, -0.2) is 0 Å². The van der Waals surface area contributed by atoms with Crippen LogP contribution >= 0.6 is 0 Å². The van der Waals surface area contributed by atoms with Crippen molar-refractivity contribution in [3.63, 3.8) is 0 Å². The molecule has 0 radical (unpaired) electrons. The Balaban J connectivity index is 1.81. The zero-order chi connectivity index (χ0) is 15.6. The first-order chi connectivity index (χ1) is 10.8. The van der Waals surface area contributed by atoms with Gasteiger partial charge in [-0.2, -0.15) is 0 Å². The summed E-state index contributed by atoms with van der Waals surface area (Å²) in [4.78, 5) is 0. The van der Waals surface area contributed by atoms with Crippen LogP contribution in [0.25, 0.3) is 0 Å². The molecule has 2 aromatic rings. The zero-order valence-corrected chi connectivity index (χ0v) is 16.0. The molecular weight excluding hydrogens is 414 g/mol. The van der Waals surface area contributed by atoms with Gasteiger partial charge in [-0.1, -0.05) is 0 Å². The van der Waals surface area contributed by atoms with E-state index < -0.39 is 0 Å². The summed E-state index contributed by atoms with van der Waals surface area (Å²) in [6.45, 7) is 5.47. The van der Waals surface area contributed by atoms with Crippen LogP contribution in [0.2, 0.25) is 0 Å². The molecule has 0 bridgehead atoms. The predicted molar refractivity (Wildman–Crippen MR) is 86.4 cm³/mol. The third kappa shape index (κ3) is 5.89. The van der Waals surface area contributed by atoms with Gasteiger partial charge in [-0.15, -0.1) is 0 Å². The Morgan fingerprint density at radius 1 is 0.727 bits per heavy atom. The molecule has 0 saturated carbocycles. The van der Waals surface area contributed by atoms with Gasteiger partial charge in [-0.3, -0.25) is 0 Å². The van der Waals surface area contributed by atoms with Crippen molar-refractivity contribution in [2.24, 2.45) is 0 Å². The van der Waals surface area contributed by atoms with Gasteiger partial charge < -0.3 is 0 Å². The van der Waals surface area contributed by atoms with Crippen molar-refractivity contribution in [3.05, 3.63) is 24.3 Å².